The summed E-state index contributed by atoms with van der Waals surface area (Å²) in [6.45, 7) is 0. The average molecular weight is 374 g/mol. The molecule has 0 N–H and O–H groups in total. The van der Waals surface area contributed by atoms with Crippen LogP contribution in [-0.4, -0.2) is 5.78 Å². The van der Waals surface area contributed by atoms with E-state index in [1.54, 1.807) is 12.1 Å². The number of hydrogen-bond donors (Lipinski definition) is 0. The summed E-state index contributed by atoms with van der Waals surface area (Å²) in [7, 11) is 0. The van der Waals surface area contributed by atoms with Crippen LogP contribution in [0.15, 0.2) is 60.7 Å². The molecule has 3 rings (SSSR count). The van der Waals surface area contributed by atoms with Crippen LogP contribution in [0.1, 0.15) is 15.9 Å². The maximum Gasteiger partial charge on any atom is 0.200 e. The van der Waals surface area contributed by atoms with Crippen LogP contribution in [-0.2, 0) is 0 Å². The summed E-state index contributed by atoms with van der Waals surface area (Å²) in [4.78, 5) is 12.1. The van der Waals surface area contributed by atoms with Crippen LogP contribution in [0.3, 0.4) is 0 Å². The van der Waals surface area contributed by atoms with E-state index < -0.39 is 40.4 Å². The molecule has 3 aromatic carbocycles. The molecule has 27 heavy (non-hydrogen) atoms. The number of allylic oxidation sites excluding steroid dienone is 1. The van der Waals surface area contributed by atoms with Gasteiger partial charge >= 0.3 is 0 Å². The number of rotatable bonds is 4. The molecule has 0 radical (unpaired) electrons. The van der Waals surface area contributed by atoms with Gasteiger partial charge in [-0.1, -0.05) is 54.6 Å². The van der Waals surface area contributed by atoms with Crippen molar-refractivity contribution in [1.29, 1.82) is 0 Å². The highest BCUT2D eigenvalue weighted by Gasteiger charge is 2.24. The maximum atomic E-state index is 13.6. The fourth-order valence-corrected chi connectivity index (χ4v) is 2.48. The van der Waals surface area contributed by atoms with Crippen molar-refractivity contribution in [2.45, 2.75) is 0 Å². The lowest BCUT2D eigenvalue weighted by Gasteiger charge is -2.04. The Bertz CT molecular complexity index is 996. The molecule has 0 aliphatic carbocycles. The van der Waals surface area contributed by atoms with Crippen molar-refractivity contribution in [2.75, 3.05) is 0 Å². The van der Waals surface area contributed by atoms with Crippen LogP contribution >= 0.6 is 0 Å². The Morgan fingerprint density at radius 2 is 1.11 bits per heavy atom. The summed E-state index contributed by atoms with van der Waals surface area (Å²) in [5.74, 6) is -11.0. The highest BCUT2D eigenvalue weighted by molar-refractivity contribution is 6.07. The van der Waals surface area contributed by atoms with Gasteiger partial charge in [0.25, 0.3) is 0 Å². The first-order chi connectivity index (χ1) is 12.9. The number of halogens is 5. The molecule has 0 atom stereocenters. The lowest BCUT2D eigenvalue weighted by atomic mass is 10.0. The van der Waals surface area contributed by atoms with E-state index in [4.69, 9.17) is 0 Å². The van der Waals surface area contributed by atoms with Crippen LogP contribution in [0.5, 0.6) is 0 Å². The van der Waals surface area contributed by atoms with Gasteiger partial charge in [0.05, 0.1) is 5.56 Å². The van der Waals surface area contributed by atoms with E-state index in [1.165, 1.54) is 12.1 Å². The third-order valence-corrected chi connectivity index (χ3v) is 3.92. The van der Waals surface area contributed by atoms with Gasteiger partial charge in [0, 0.05) is 5.56 Å². The minimum atomic E-state index is -2.25. The molecule has 0 aliphatic rings. The lowest BCUT2D eigenvalue weighted by molar-refractivity contribution is 0.104. The molecule has 0 aliphatic heterocycles. The smallest absolute Gasteiger partial charge is 0.200 e. The van der Waals surface area contributed by atoms with Crippen molar-refractivity contribution in [3.63, 3.8) is 0 Å². The van der Waals surface area contributed by atoms with E-state index >= 15 is 0 Å². The predicted molar refractivity (Wildman–Crippen MR) is 91.5 cm³/mol. The van der Waals surface area contributed by atoms with Gasteiger partial charge in [-0.2, -0.15) is 0 Å². The van der Waals surface area contributed by atoms with Gasteiger partial charge < -0.3 is 0 Å². The standard InChI is InChI=1S/C21H11F5O/c22-17-15(18(23)20(25)21(26)19(17)24)10-11-16(27)14-8-6-13(7-9-14)12-4-2-1-3-5-12/h1-11H. The molecule has 0 amide bonds. The zero-order valence-electron chi connectivity index (χ0n) is 13.6. The van der Waals surface area contributed by atoms with E-state index in [0.29, 0.717) is 6.08 Å². The summed E-state index contributed by atoms with van der Waals surface area (Å²) >= 11 is 0. The number of carbonyl (C=O) groups is 1. The fraction of sp³-hybridized carbons (Fsp3) is 0. The van der Waals surface area contributed by atoms with E-state index in [2.05, 4.69) is 0 Å². The van der Waals surface area contributed by atoms with Crippen LogP contribution in [0.4, 0.5) is 22.0 Å². The largest absolute Gasteiger partial charge is 0.289 e. The quantitative estimate of drug-likeness (QED) is 0.181. The van der Waals surface area contributed by atoms with Gasteiger partial charge in [-0.15, -0.1) is 0 Å². The molecule has 0 saturated heterocycles. The van der Waals surface area contributed by atoms with E-state index in [9.17, 15) is 26.7 Å². The highest BCUT2D eigenvalue weighted by Crippen LogP contribution is 2.24. The Hall–Kier alpha value is -3.28. The van der Waals surface area contributed by atoms with E-state index in [0.717, 1.165) is 17.2 Å². The van der Waals surface area contributed by atoms with Crippen molar-refractivity contribution in [3.8, 4) is 11.1 Å². The average Bonchev–Trinajstić information content (AvgIpc) is 2.71. The van der Waals surface area contributed by atoms with Crippen LogP contribution in [0.25, 0.3) is 17.2 Å². The highest BCUT2D eigenvalue weighted by atomic mass is 19.2. The first kappa shape index (κ1) is 18.5. The molecular formula is C21H11F5O. The van der Waals surface area contributed by atoms with Gasteiger partial charge in [-0.25, -0.2) is 22.0 Å². The SMILES string of the molecule is O=C(C=Cc1c(F)c(F)c(F)c(F)c1F)c1ccc(-c2ccccc2)cc1. The molecule has 0 saturated carbocycles. The second kappa shape index (κ2) is 7.53. The molecule has 3 aromatic rings. The third-order valence-electron chi connectivity index (χ3n) is 3.92. The second-order valence-electron chi connectivity index (χ2n) is 5.62. The number of benzene rings is 3. The lowest BCUT2D eigenvalue weighted by Crippen LogP contribution is -2.04. The summed E-state index contributed by atoms with van der Waals surface area (Å²) in [6.07, 6.45) is 1.33. The number of hydrogen-bond acceptors (Lipinski definition) is 1. The second-order valence-corrected chi connectivity index (χ2v) is 5.62. The minimum absolute atomic E-state index is 0.204. The maximum absolute atomic E-state index is 13.6. The molecule has 0 bridgehead atoms. The monoisotopic (exact) mass is 374 g/mol. The molecule has 0 spiro atoms. The van der Waals surface area contributed by atoms with Crippen molar-refractivity contribution in [1.82, 2.24) is 0 Å². The van der Waals surface area contributed by atoms with E-state index in [1.807, 2.05) is 30.3 Å². The van der Waals surface area contributed by atoms with Crippen molar-refractivity contribution < 1.29 is 26.7 Å². The zero-order chi connectivity index (χ0) is 19.6. The topological polar surface area (TPSA) is 17.1 Å². The first-order valence-corrected chi connectivity index (χ1v) is 7.79. The molecule has 0 heterocycles. The fourth-order valence-electron chi connectivity index (χ4n) is 2.48. The summed E-state index contributed by atoms with van der Waals surface area (Å²) in [5.41, 5.74) is 0.833. The normalized spacial score (nSPS) is 11.1. The molecule has 0 unspecified atom stereocenters. The predicted octanol–water partition coefficient (Wildman–Crippen LogP) is 5.95. The molecular weight excluding hydrogens is 363 g/mol. The molecule has 1 nitrogen and oxygen atoms in total. The van der Waals surface area contributed by atoms with Gasteiger partial charge in [0.2, 0.25) is 5.82 Å². The van der Waals surface area contributed by atoms with Gasteiger partial charge in [0.15, 0.2) is 29.1 Å². The van der Waals surface area contributed by atoms with Crippen molar-refractivity contribution in [3.05, 3.63) is 101 Å². The Balaban J connectivity index is 1.86. The zero-order valence-corrected chi connectivity index (χ0v) is 13.6. The minimum Gasteiger partial charge on any atom is -0.289 e. The van der Waals surface area contributed by atoms with Gasteiger partial charge in [0.1, 0.15) is 0 Å². The van der Waals surface area contributed by atoms with Crippen LogP contribution in [0, 0.1) is 29.1 Å². The Kier molecular flexibility index (Phi) is 5.16. The van der Waals surface area contributed by atoms with Crippen molar-refractivity contribution >= 4 is 11.9 Å². The summed E-state index contributed by atoms with van der Waals surface area (Å²) in [5, 5.41) is 0. The third kappa shape index (κ3) is 3.65. The number of carbonyl (C=O) groups excluding carboxylic acids is 1. The molecule has 0 aromatic heterocycles. The van der Waals surface area contributed by atoms with Crippen molar-refractivity contribution in [2.24, 2.45) is 0 Å². The van der Waals surface area contributed by atoms with Crippen LogP contribution in [0.2, 0.25) is 0 Å². The molecule has 6 heteroatoms. The van der Waals surface area contributed by atoms with E-state index in [-0.39, 0.29) is 5.56 Å². The number of ketones is 1. The Morgan fingerprint density at radius 1 is 0.630 bits per heavy atom. The van der Waals surface area contributed by atoms with Gasteiger partial charge in [-0.3, -0.25) is 4.79 Å². The molecule has 0 fully saturated rings. The summed E-state index contributed by atoms with van der Waals surface area (Å²) in [6, 6.07) is 15.8. The van der Waals surface area contributed by atoms with Crippen LogP contribution < -0.4 is 0 Å². The van der Waals surface area contributed by atoms with Gasteiger partial charge in [-0.05, 0) is 23.3 Å². The Labute approximate surface area is 151 Å². The molecule has 136 valence electrons. The Morgan fingerprint density at radius 3 is 1.67 bits per heavy atom. The first-order valence-electron chi connectivity index (χ1n) is 7.79. The summed E-state index contributed by atoms with van der Waals surface area (Å²) < 4.78 is 66.6.